The summed E-state index contributed by atoms with van der Waals surface area (Å²) in [5.74, 6) is 3.11. The number of ether oxygens (including phenoxy) is 5. The standard InChI is InChI=1S/C23H27NO6/c1-26-18-11-15-10-16(17(15)12-19(18)27-2)13-24-22(25)7-6-14-8-20(28-3)23(30-5)21(9-14)29-4/h6-9,11-12,16H,10,13H2,1-5H3,(H,24,25)/b7-6+/t16-/m0/s1. The highest BCUT2D eigenvalue weighted by molar-refractivity contribution is 5.92. The quantitative estimate of drug-likeness (QED) is 0.637. The van der Waals surface area contributed by atoms with Crippen LogP contribution < -0.4 is 29.0 Å². The lowest BCUT2D eigenvalue weighted by molar-refractivity contribution is -0.116. The van der Waals surface area contributed by atoms with E-state index >= 15 is 0 Å². The summed E-state index contributed by atoms with van der Waals surface area (Å²) in [4.78, 5) is 12.3. The van der Waals surface area contributed by atoms with Crippen LogP contribution in [0.1, 0.15) is 22.6 Å². The van der Waals surface area contributed by atoms with Crippen LogP contribution in [0.2, 0.25) is 0 Å². The van der Waals surface area contributed by atoms with Gasteiger partial charge in [0.2, 0.25) is 11.7 Å². The Morgan fingerprint density at radius 3 is 2.07 bits per heavy atom. The van der Waals surface area contributed by atoms with E-state index in [1.54, 1.807) is 53.8 Å². The normalized spacial score (nSPS) is 14.5. The Kier molecular flexibility index (Phi) is 6.72. The first kappa shape index (κ1) is 21.4. The molecular weight excluding hydrogens is 386 g/mol. The molecule has 0 heterocycles. The Morgan fingerprint density at radius 2 is 1.50 bits per heavy atom. The summed E-state index contributed by atoms with van der Waals surface area (Å²) in [6, 6.07) is 7.55. The fourth-order valence-electron chi connectivity index (χ4n) is 3.57. The lowest BCUT2D eigenvalue weighted by atomic mass is 9.77. The van der Waals surface area contributed by atoms with Gasteiger partial charge < -0.3 is 29.0 Å². The lowest BCUT2D eigenvalue weighted by Crippen LogP contribution is -2.32. The van der Waals surface area contributed by atoms with Crippen molar-refractivity contribution in [1.29, 1.82) is 0 Å². The molecule has 0 radical (unpaired) electrons. The van der Waals surface area contributed by atoms with Gasteiger partial charge in [-0.3, -0.25) is 4.79 Å². The topological polar surface area (TPSA) is 75.3 Å². The lowest BCUT2D eigenvalue weighted by Gasteiger charge is -2.31. The molecule has 1 amide bonds. The molecule has 30 heavy (non-hydrogen) atoms. The van der Waals surface area contributed by atoms with Crippen molar-refractivity contribution in [2.24, 2.45) is 0 Å². The number of fused-ring (bicyclic) bond motifs is 1. The predicted octanol–water partition coefficient (Wildman–Crippen LogP) is 3.20. The van der Waals surface area contributed by atoms with E-state index in [9.17, 15) is 4.79 Å². The zero-order chi connectivity index (χ0) is 21.7. The van der Waals surface area contributed by atoms with E-state index in [1.807, 2.05) is 12.1 Å². The van der Waals surface area contributed by atoms with E-state index in [4.69, 9.17) is 23.7 Å². The van der Waals surface area contributed by atoms with Crippen molar-refractivity contribution in [3.05, 3.63) is 47.0 Å². The van der Waals surface area contributed by atoms with Gasteiger partial charge in [0.1, 0.15) is 0 Å². The third kappa shape index (κ3) is 4.30. The van der Waals surface area contributed by atoms with Crippen LogP contribution in [0.15, 0.2) is 30.3 Å². The first-order valence-corrected chi connectivity index (χ1v) is 9.55. The highest BCUT2D eigenvalue weighted by Gasteiger charge is 2.28. The predicted molar refractivity (Wildman–Crippen MR) is 114 cm³/mol. The van der Waals surface area contributed by atoms with Gasteiger partial charge in [0.15, 0.2) is 23.0 Å². The van der Waals surface area contributed by atoms with Gasteiger partial charge in [0, 0.05) is 18.5 Å². The van der Waals surface area contributed by atoms with Crippen molar-refractivity contribution < 1.29 is 28.5 Å². The Bertz CT molecular complexity index is 928. The number of carbonyl (C=O) groups is 1. The number of methoxy groups -OCH3 is 5. The molecule has 7 heteroatoms. The van der Waals surface area contributed by atoms with Gasteiger partial charge in [0.25, 0.3) is 0 Å². The van der Waals surface area contributed by atoms with Crippen molar-refractivity contribution in [2.45, 2.75) is 12.3 Å². The second-order valence-corrected chi connectivity index (χ2v) is 6.84. The molecule has 0 aromatic heterocycles. The molecule has 7 nitrogen and oxygen atoms in total. The fourth-order valence-corrected chi connectivity index (χ4v) is 3.57. The average molecular weight is 413 g/mol. The zero-order valence-electron chi connectivity index (χ0n) is 17.9. The highest BCUT2D eigenvalue weighted by atomic mass is 16.5. The van der Waals surface area contributed by atoms with E-state index in [0.717, 1.165) is 17.7 Å². The summed E-state index contributed by atoms with van der Waals surface area (Å²) < 4.78 is 26.7. The highest BCUT2D eigenvalue weighted by Crippen LogP contribution is 2.42. The summed E-state index contributed by atoms with van der Waals surface area (Å²) in [5.41, 5.74) is 3.17. The average Bonchev–Trinajstić information content (AvgIpc) is 2.76. The second kappa shape index (κ2) is 9.43. The third-order valence-corrected chi connectivity index (χ3v) is 5.19. The molecule has 0 aliphatic heterocycles. The maximum Gasteiger partial charge on any atom is 0.244 e. The molecule has 0 unspecified atom stereocenters. The van der Waals surface area contributed by atoms with Crippen LogP contribution in [-0.2, 0) is 11.2 Å². The first-order valence-electron chi connectivity index (χ1n) is 9.55. The minimum Gasteiger partial charge on any atom is -0.493 e. The first-order chi connectivity index (χ1) is 14.5. The monoisotopic (exact) mass is 413 g/mol. The molecule has 1 atom stereocenters. The molecule has 3 rings (SSSR count). The van der Waals surface area contributed by atoms with Crippen molar-refractivity contribution in [1.82, 2.24) is 5.32 Å². The van der Waals surface area contributed by atoms with Crippen LogP contribution in [0.3, 0.4) is 0 Å². The summed E-state index contributed by atoms with van der Waals surface area (Å²) >= 11 is 0. The van der Waals surface area contributed by atoms with E-state index in [0.29, 0.717) is 29.5 Å². The van der Waals surface area contributed by atoms with Crippen LogP contribution in [0.5, 0.6) is 28.7 Å². The van der Waals surface area contributed by atoms with Crippen molar-refractivity contribution >= 4 is 12.0 Å². The smallest absolute Gasteiger partial charge is 0.244 e. The minimum atomic E-state index is -0.169. The molecule has 1 aliphatic rings. The third-order valence-electron chi connectivity index (χ3n) is 5.19. The number of carbonyl (C=O) groups excluding carboxylic acids is 1. The van der Waals surface area contributed by atoms with E-state index in [2.05, 4.69) is 5.32 Å². The summed E-state index contributed by atoms with van der Waals surface area (Å²) in [7, 11) is 7.90. The maximum absolute atomic E-state index is 12.3. The van der Waals surface area contributed by atoms with Crippen molar-refractivity contribution in [2.75, 3.05) is 42.1 Å². The molecule has 0 fully saturated rings. The molecule has 1 aliphatic carbocycles. The maximum atomic E-state index is 12.3. The second-order valence-electron chi connectivity index (χ2n) is 6.84. The van der Waals surface area contributed by atoms with Gasteiger partial charge >= 0.3 is 0 Å². The molecule has 2 aromatic rings. The SMILES string of the molecule is COc1cc2c(cc1OC)[C@H](CNC(=O)/C=C/c1cc(OC)c(OC)c(OC)c1)C2. The summed E-state index contributed by atoms with van der Waals surface area (Å²) in [6.45, 7) is 0.556. The number of hydrogen-bond donors (Lipinski definition) is 1. The van der Waals surface area contributed by atoms with Crippen LogP contribution in [-0.4, -0.2) is 48.0 Å². The van der Waals surface area contributed by atoms with Crippen molar-refractivity contribution in [3.63, 3.8) is 0 Å². The van der Waals surface area contributed by atoms with Crippen LogP contribution in [0.25, 0.3) is 6.08 Å². The van der Waals surface area contributed by atoms with Gasteiger partial charge in [-0.15, -0.1) is 0 Å². The summed E-state index contributed by atoms with van der Waals surface area (Å²) in [5, 5.41) is 2.96. The van der Waals surface area contributed by atoms with Crippen molar-refractivity contribution in [3.8, 4) is 28.7 Å². The van der Waals surface area contributed by atoms with Gasteiger partial charge in [-0.05, 0) is 53.5 Å². The molecule has 160 valence electrons. The van der Waals surface area contributed by atoms with Gasteiger partial charge in [-0.25, -0.2) is 0 Å². The van der Waals surface area contributed by atoms with Crippen LogP contribution >= 0.6 is 0 Å². The van der Waals surface area contributed by atoms with E-state index < -0.39 is 0 Å². The number of amides is 1. The number of rotatable bonds is 9. The Balaban J connectivity index is 1.63. The number of benzene rings is 2. The minimum absolute atomic E-state index is 0.169. The molecule has 0 saturated heterocycles. The molecule has 2 aromatic carbocycles. The Morgan fingerprint density at radius 1 is 0.900 bits per heavy atom. The Labute approximate surface area is 176 Å². The number of hydrogen-bond acceptors (Lipinski definition) is 6. The summed E-state index contributed by atoms with van der Waals surface area (Å²) in [6.07, 6.45) is 4.10. The Hall–Kier alpha value is -3.35. The van der Waals surface area contributed by atoms with Gasteiger partial charge in [0.05, 0.1) is 35.5 Å². The van der Waals surface area contributed by atoms with Gasteiger partial charge in [-0.2, -0.15) is 0 Å². The molecule has 0 saturated carbocycles. The van der Waals surface area contributed by atoms with E-state index in [-0.39, 0.29) is 11.8 Å². The van der Waals surface area contributed by atoms with E-state index in [1.165, 1.54) is 17.2 Å². The van der Waals surface area contributed by atoms with Crippen LogP contribution in [0.4, 0.5) is 0 Å². The molecule has 0 spiro atoms. The fraction of sp³-hybridized carbons (Fsp3) is 0.348. The number of nitrogens with one attached hydrogen (secondary N) is 1. The van der Waals surface area contributed by atoms with Crippen LogP contribution in [0, 0.1) is 0 Å². The van der Waals surface area contributed by atoms with Gasteiger partial charge in [-0.1, -0.05) is 0 Å². The molecular formula is C23H27NO6. The zero-order valence-corrected chi connectivity index (χ0v) is 17.9. The molecule has 0 bridgehead atoms. The largest absolute Gasteiger partial charge is 0.493 e. The molecule has 1 N–H and O–H groups in total.